The lowest BCUT2D eigenvalue weighted by molar-refractivity contribution is -0.384. The summed E-state index contributed by atoms with van der Waals surface area (Å²) < 4.78 is 1.56. The minimum atomic E-state index is -0.537. The van der Waals surface area contributed by atoms with Crippen molar-refractivity contribution in [1.29, 1.82) is 0 Å². The third-order valence-electron chi connectivity index (χ3n) is 3.90. The molecule has 0 unspecified atom stereocenters. The summed E-state index contributed by atoms with van der Waals surface area (Å²) in [5.74, 6) is -0.700. The van der Waals surface area contributed by atoms with E-state index in [9.17, 15) is 19.7 Å². The van der Waals surface area contributed by atoms with E-state index >= 15 is 0 Å². The smallest absolute Gasteiger partial charge is 0.271 e. The second-order valence-electron chi connectivity index (χ2n) is 6.50. The number of non-ortho nitro benzene ring substituents is 1. The molecule has 0 saturated carbocycles. The highest BCUT2D eigenvalue weighted by Crippen LogP contribution is 2.27. The van der Waals surface area contributed by atoms with Gasteiger partial charge in [-0.3, -0.25) is 19.7 Å². The van der Waals surface area contributed by atoms with E-state index in [2.05, 4.69) is 15.6 Å². The van der Waals surface area contributed by atoms with Gasteiger partial charge in [-0.1, -0.05) is 11.8 Å². The molecule has 2 atom stereocenters. The molecule has 0 aliphatic heterocycles. The summed E-state index contributed by atoms with van der Waals surface area (Å²) in [6, 6.07) is 3.30. The number of nitro benzene ring substituents is 1. The number of nitrogens with zero attached hydrogens (tertiary/aromatic N) is 3. The van der Waals surface area contributed by atoms with E-state index in [1.165, 1.54) is 18.2 Å². The molecule has 0 saturated heterocycles. The van der Waals surface area contributed by atoms with Crippen LogP contribution in [0.25, 0.3) is 11.0 Å². The number of imidazole rings is 1. The Morgan fingerprint density at radius 1 is 1.21 bits per heavy atom. The summed E-state index contributed by atoms with van der Waals surface area (Å²) in [6.07, 6.45) is 0. The Morgan fingerprint density at radius 3 is 2.41 bits per heavy atom. The maximum absolute atomic E-state index is 12.3. The molecule has 158 valence electrons. The maximum Gasteiger partial charge on any atom is 0.271 e. The number of fused-ring (bicyclic) bond motifs is 1. The van der Waals surface area contributed by atoms with Crippen molar-refractivity contribution in [1.82, 2.24) is 20.2 Å². The van der Waals surface area contributed by atoms with Crippen molar-refractivity contribution in [2.24, 2.45) is 0 Å². The molecule has 4 N–H and O–H groups in total. The molecule has 12 heteroatoms. The fourth-order valence-electron chi connectivity index (χ4n) is 2.47. The van der Waals surface area contributed by atoms with Crippen molar-refractivity contribution in [2.75, 3.05) is 19.0 Å². The second-order valence-corrected chi connectivity index (χ2v) is 7.44. The lowest BCUT2D eigenvalue weighted by Crippen LogP contribution is -2.37. The minimum absolute atomic E-state index is 0.00951. The van der Waals surface area contributed by atoms with Crippen LogP contribution in [0.2, 0.25) is 0 Å². The van der Waals surface area contributed by atoms with Crippen LogP contribution >= 0.6 is 11.8 Å². The topological polar surface area (TPSA) is 160 Å². The highest BCUT2D eigenvalue weighted by Gasteiger charge is 2.19. The number of aromatic nitrogens is 2. The summed E-state index contributed by atoms with van der Waals surface area (Å²) in [4.78, 5) is 39.1. The number of carbonyl (C=O) groups excluding carboxylic acids is 2. The van der Waals surface area contributed by atoms with Crippen LogP contribution in [-0.4, -0.2) is 67.6 Å². The average molecular weight is 425 g/mol. The van der Waals surface area contributed by atoms with Crippen LogP contribution in [0.5, 0.6) is 0 Å². The van der Waals surface area contributed by atoms with Crippen molar-refractivity contribution in [3.63, 3.8) is 0 Å². The molecule has 0 aliphatic carbocycles. The Balaban J connectivity index is 2.29. The van der Waals surface area contributed by atoms with E-state index < -0.39 is 17.0 Å². The van der Waals surface area contributed by atoms with Gasteiger partial charge in [0.1, 0.15) is 6.54 Å². The lowest BCUT2D eigenvalue weighted by Gasteiger charge is -2.13. The third-order valence-corrected chi connectivity index (χ3v) is 4.88. The Kier molecular flexibility index (Phi) is 7.93. The molecule has 0 aliphatic rings. The monoisotopic (exact) mass is 425 g/mol. The molecule has 2 amide bonds. The Morgan fingerprint density at radius 2 is 1.83 bits per heavy atom. The molecule has 1 heterocycles. The number of hydrogen-bond acceptors (Lipinski definition) is 8. The largest absolute Gasteiger partial charge is 0.394 e. The Hall–Kier alpha value is -2.70. The molecule has 0 radical (unpaired) electrons. The number of rotatable bonds is 10. The van der Waals surface area contributed by atoms with Crippen LogP contribution in [0.15, 0.2) is 23.4 Å². The first-order chi connectivity index (χ1) is 13.7. The van der Waals surface area contributed by atoms with E-state index in [-0.39, 0.29) is 43.0 Å². The van der Waals surface area contributed by atoms with Gasteiger partial charge in [0.25, 0.3) is 5.69 Å². The number of nitro groups is 1. The summed E-state index contributed by atoms with van der Waals surface area (Å²) in [5.41, 5.74) is 0.703. The van der Waals surface area contributed by atoms with Gasteiger partial charge in [-0.2, -0.15) is 0 Å². The fraction of sp³-hybridized carbons (Fsp3) is 0.471. The van der Waals surface area contributed by atoms with Crippen LogP contribution in [0.4, 0.5) is 5.69 Å². The first-order valence-electron chi connectivity index (χ1n) is 8.83. The average Bonchev–Trinajstić information content (AvgIpc) is 3.02. The molecule has 1 aromatic heterocycles. The quantitative estimate of drug-likeness (QED) is 0.236. The normalized spacial score (nSPS) is 13.1. The van der Waals surface area contributed by atoms with E-state index in [0.717, 1.165) is 11.8 Å². The molecule has 0 spiro atoms. The summed E-state index contributed by atoms with van der Waals surface area (Å²) >= 11 is 1.07. The molecule has 1 aromatic carbocycles. The molecule has 2 rings (SSSR count). The number of carbonyl (C=O) groups is 2. The predicted molar refractivity (Wildman–Crippen MR) is 106 cm³/mol. The highest BCUT2D eigenvalue weighted by molar-refractivity contribution is 7.99. The van der Waals surface area contributed by atoms with Crippen LogP contribution in [0.1, 0.15) is 13.8 Å². The maximum atomic E-state index is 12.3. The summed E-state index contributed by atoms with van der Waals surface area (Å²) in [6.45, 7) is 2.77. The zero-order valence-corrected chi connectivity index (χ0v) is 16.8. The van der Waals surface area contributed by atoms with Gasteiger partial charge in [-0.15, -0.1) is 0 Å². The van der Waals surface area contributed by atoms with Gasteiger partial charge in [-0.05, 0) is 19.9 Å². The molecular formula is C17H23N5O6S. The summed E-state index contributed by atoms with van der Waals surface area (Å²) in [5, 5.41) is 34.7. The van der Waals surface area contributed by atoms with E-state index in [1.54, 1.807) is 18.4 Å². The highest BCUT2D eigenvalue weighted by atomic mass is 32.2. The SMILES string of the molecule is C[C@@H](CO)NC(=O)CSc1nc2cc([N+](=O)[O-])ccc2n1CC(=O)N[C@@H](C)CO. The van der Waals surface area contributed by atoms with Crippen LogP contribution in [0.3, 0.4) is 0 Å². The molecule has 29 heavy (non-hydrogen) atoms. The lowest BCUT2D eigenvalue weighted by atomic mass is 10.3. The first kappa shape index (κ1) is 22.6. The van der Waals surface area contributed by atoms with E-state index in [4.69, 9.17) is 10.2 Å². The molecule has 0 bridgehead atoms. The molecular weight excluding hydrogens is 402 g/mol. The van der Waals surface area contributed by atoms with Crippen LogP contribution in [-0.2, 0) is 16.1 Å². The minimum Gasteiger partial charge on any atom is -0.394 e. The van der Waals surface area contributed by atoms with E-state index in [0.29, 0.717) is 16.2 Å². The molecule has 2 aromatic rings. The van der Waals surface area contributed by atoms with Crippen molar-refractivity contribution in [2.45, 2.75) is 37.6 Å². The number of nitrogens with one attached hydrogen (secondary N) is 2. The van der Waals surface area contributed by atoms with Crippen molar-refractivity contribution in [3.8, 4) is 0 Å². The number of aliphatic hydroxyl groups is 2. The standard InChI is InChI=1S/C17H23N5O6S/c1-10(7-23)18-15(25)6-21-14-4-3-12(22(27)28)5-13(14)20-17(21)29-9-16(26)19-11(2)8-24/h3-5,10-11,23-24H,6-9H2,1-2H3,(H,18,25)(H,19,26)/t10-,11-/m0/s1. The van der Waals surface area contributed by atoms with Gasteiger partial charge in [0, 0.05) is 24.2 Å². The van der Waals surface area contributed by atoms with Gasteiger partial charge in [-0.25, -0.2) is 4.98 Å². The van der Waals surface area contributed by atoms with Gasteiger partial charge in [0.2, 0.25) is 11.8 Å². The van der Waals surface area contributed by atoms with Crippen LogP contribution in [0, 0.1) is 10.1 Å². The number of thioether (sulfide) groups is 1. The zero-order chi connectivity index (χ0) is 21.6. The van der Waals surface area contributed by atoms with Gasteiger partial charge < -0.3 is 25.4 Å². The van der Waals surface area contributed by atoms with Crippen molar-refractivity contribution < 1.29 is 24.7 Å². The van der Waals surface area contributed by atoms with Crippen molar-refractivity contribution >= 4 is 40.3 Å². The van der Waals surface area contributed by atoms with Crippen LogP contribution < -0.4 is 10.6 Å². The first-order valence-corrected chi connectivity index (χ1v) is 9.81. The predicted octanol–water partition coefficient (Wildman–Crippen LogP) is 0.0306. The Bertz CT molecular complexity index is 902. The molecule has 11 nitrogen and oxygen atoms in total. The number of amides is 2. The van der Waals surface area contributed by atoms with Gasteiger partial charge in [0.05, 0.1) is 34.9 Å². The number of aliphatic hydroxyl groups excluding tert-OH is 2. The Labute approximate surface area is 170 Å². The van der Waals surface area contributed by atoms with Gasteiger partial charge in [0.15, 0.2) is 5.16 Å². The fourth-order valence-corrected chi connectivity index (χ4v) is 3.30. The number of benzene rings is 1. The third kappa shape index (κ3) is 6.14. The van der Waals surface area contributed by atoms with Gasteiger partial charge >= 0.3 is 0 Å². The van der Waals surface area contributed by atoms with E-state index in [1.807, 2.05) is 0 Å². The zero-order valence-electron chi connectivity index (χ0n) is 16.0. The second kappa shape index (κ2) is 10.2. The summed E-state index contributed by atoms with van der Waals surface area (Å²) in [7, 11) is 0. The number of hydrogen-bond donors (Lipinski definition) is 4. The van der Waals surface area contributed by atoms with Crippen molar-refractivity contribution in [3.05, 3.63) is 28.3 Å². The molecule has 0 fully saturated rings.